The number of carbonyl (C=O) groups excluding carboxylic acids is 3. The van der Waals surface area contributed by atoms with Gasteiger partial charge in [-0.15, -0.1) is 0 Å². The molecular weight excluding hydrogens is 436 g/mol. The van der Waals surface area contributed by atoms with Crippen LogP contribution in [-0.4, -0.2) is 59.8 Å². The van der Waals surface area contributed by atoms with E-state index >= 15 is 0 Å². The van der Waals surface area contributed by atoms with Crippen LogP contribution in [-0.2, 0) is 23.9 Å². The zero-order chi connectivity index (χ0) is 24.3. The first kappa shape index (κ1) is 25.5. The van der Waals surface area contributed by atoms with Gasteiger partial charge in [0, 0.05) is 31.3 Å². The molecule has 2 heterocycles. The van der Waals surface area contributed by atoms with Crippen LogP contribution in [0.5, 0.6) is 0 Å². The van der Waals surface area contributed by atoms with E-state index < -0.39 is 23.1 Å². The number of fused-ring (bicyclic) bond motifs is 2. The molecule has 2 aliphatic heterocycles. The number of allylic oxidation sites excluding steroid dienone is 1. The van der Waals surface area contributed by atoms with Crippen LogP contribution < -0.4 is 11.1 Å². The van der Waals surface area contributed by atoms with Crippen LogP contribution in [0.25, 0.3) is 0 Å². The molecule has 4 fully saturated rings. The fourth-order valence-electron chi connectivity index (χ4n) is 6.36. The van der Waals surface area contributed by atoms with Crippen LogP contribution in [0.2, 0.25) is 0 Å². The van der Waals surface area contributed by atoms with Gasteiger partial charge in [-0.05, 0) is 57.8 Å². The van der Waals surface area contributed by atoms with Gasteiger partial charge < -0.3 is 19.9 Å². The number of quaternary nitrogens is 1. The van der Waals surface area contributed by atoms with Crippen LogP contribution in [0.1, 0.15) is 77.6 Å². The third-order valence-corrected chi connectivity index (χ3v) is 8.45. The lowest BCUT2D eigenvalue weighted by molar-refractivity contribution is -0.699. The van der Waals surface area contributed by atoms with Crippen molar-refractivity contribution in [1.29, 1.82) is 0 Å². The quantitative estimate of drug-likeness (QED) is 0.141. The Balaban J connectivity index is 1.47. The number of hydrogen-bond donors (Lipinski definition) is 3. The summed E-state index contributed by atoms with van der Waals surface area (Å²) < 4.78 is 11.4. The molecule has 4 aliphatic rings. The van der Waals surface area contributed by atoms with E-state index in [2.05, 4.69) is 5.32 Å². The Labute approximate surface area is 202 Å². The number of aliphatic hydroxyl groups excluding tert-OH is 1. The molecule has 4 unspecified atom stereocenters. The summed E-state index contributed by atoms with van der Waals surface area (Å²) in [4.78, 5) is 40.4. The summed E-state index contributed by atoms with van der Waals surface area (Å²) in [5.74, 6) is -1.28. The number of carbonyl (C=O) groups is 3. The smallest absolute Gasteiger partial charge is 0.349 e. The van der Waals surface area contributed by atoms with Gasteiger partial charge in [-0.2, -0.15) is 0 Å². The lowest BCUT2D eigenvalue weighted by Gasteiger charge is -2.36. The van der Waals surface area contributed by atoms with Gasteiger partial charge >= 0.3 is 5.97 Å². The number of esters is 1. The lowest BCUT2D eigenvalue weighted by atomic mass is 9.61. The number of rotatable bonds is 10. The van der Waals surface area contributed by atoms with Crippen molar-refractivity contribution < 1.29 is 34.3 Å². The van der Waals surface area contributed by atoms with Crippen LogP contribution in [0, 0.1) is 17.8 Å². The first-order valence-corrected chi connectivity index (χ1v) is 13.2. The van der Waals surface area contributed by atoms with E-state index in [-0.39, 0.29) is 43.3 Å². The second-order valence-corrected chi connectivity index (χ2v) is 10.8. The lowest BCUT2D eigenvalue weighted by Crippen LogP contribution is -2.94. The fourth-order valence-corrected chi connectivity index (χ4v) is 6.36. The number of hydrogen-bond acceptors (Lipinski definition) is 7. The average Bonchev–Trinajstić information content (AvgIpc) is 3.55. The van der Waals surface area contributed by atoms with Crippen molar-refractivity contribution in [2.45, 2.75) is 94.9 Å². The summed E-state index contributed by atoms with van der Waals surface area (Å²) in [6.07, 6.45) is 10.7. The summed E-state index contributed by atoms with van der Waals surface area (Å²) in [5, 5.41) is 11.2. The minimum Gasteiger partial charge on any atom is -0.463 e. The zero-order valence-corrected chi connectivity index (χ0v) is 20.4. The largest absolute Gasteiger partial charge is 0.463 e. The number of ketones is 2. The van der Waals surface area contributed by atoms with Gasteiger partial charge in [0.1, 0.15) is 6.17 Å². The molecular formula is C26H41N2O6+. The van der Waals surface area contributed by atoms with Gasteiger partial charge in [0.05, 0.1) is 13.2 Å². The molecule has 0 spiro atoms. The maximum absolute atomic E-state index is 13.6. The predicted octanol–water partition coefficient (Wildman–Crippen LogP) is 1.14. The predicted molar refractivity (Wildman–Crippen MR) is 124 cm³/mol. The standard InChI is InChI=1S/C26H40N2O6/c1-17(8-9-18-11-13-28-21(27)16-18)10-12-25-22(30)19-6-2-3-7-20(19)23(31)26(25,34-25)24(32)33-15-5-4-14-29/h10,18-21,28-29H,2-9,11-16,27H2,1H3/p+1/t18?,19?,20?,21?,25-,26-/m0/s1. The second kappa shape index (κ2) is 10.6. The molecule has 0 aromatic carbocycles. The minimum absolute atomic E-state index is 0.0133. The maximum atomic E-state index is 13.6. The molecule has 2 saturated carbocycles. The first-order valence-electron chi connectivity index (χ1n) is 13.2. The Morgan fingerprint density at radius 2 is 1.94 bits per heavy atom. The normalized spacial score (nSPS) is 37.7. The van der Waals surface area contributed by atoms with Crippen molar-refractivity contribution in [3.63, 3.8) is 0 Å². The Hall–Kier alpha value is -1.61. The van der Waals surface area contributed by atoms with E-state index in [1.807, 2.05) is 13.0 Å². The van der Waals surface area contributed by atoms with Crippen LogP contribution in [0.3, 0.4) is 0 Å². The molecule has 5 N–H and O–H groups in total. The van der Waals surface area contributed by atoms with Crippen molar-refractivity contribution in [3.8, 4) is 0 Å². The Kier molecular flexibility index (Phi) is 7.92. The van der Waals surface area contributed by atoms with Gasteiger partial charge in [0.25, 0.3) is 5.60 Å². The second-order valence-electron chi connectivity index (χ2n) is 10.8. The van der Waals surface area contributed by atoms with E-state index in [1.54, 1.807) is 0 Å². The van der Waals surface area contributed by atoms with Crippen molar-refractivity contribution >= 4 is 17.5 Å². The molecule has 0 aromatic rings. The number of aliphatic hydroxyl groups is 1. The molecule has 8 heteroatoms. The molecule has 8 nitrogen and oxygen atoms in total. The van der Waals surface area contributed by atoms with Crippen molar-refractivity contribution in [3.05, 3.63) is 11.6 Å². The highest BCUT2D eigenvalue weighted by Crippen LogP contribution is 2.61. The number of unbranched alkanes of at least 4 members (excludes halogenated alkanes) is 1. The minimum atomic E-state index is -1.79. The molecule has 0 radical (unpaired) electrons. The third-order valence-electron chi connectivity index (χ3n) is 8.45. The number of nitrogens with two attached hydrogens (primary N) is 2. The molecule has 0 aromatic heterocycles. The third kappa shape index (κ3) is 4.62. The number of ether oxygens (including phenoxy) is 2. The highest BCUT2D eigenvalue weighted by atomic mass is 16.7. The van der Waals surface area contributed by atoms with Crippen molar-refractivity contribution in [2.75, 3.05) is 19.8 Å². The highest BCUT2D eigenvalue weighted by molar-refractivity contribution is 6.23. The summed E-state index contributed by atoms with van der Waals surface area (Å²) in [6, 6.07) is 0. The molecule has 190 valence electrons. The first-order chi connectivity index (χ1) is 16.4. The molecule has 6 atom stereocenters. The van der Waals surface area contributed by atoms with Crippen LogP contribution in [0.4, 0.5) is 0 Å². The topological polar surface area (TPSA) is 136 Å². The number of epoxide rings is 1. The average molecular weight is 478 g/mol. The summed E-state index contributed by atoms with van der Waals surface area (Å²) in [6.45, 7) is 3.22. The van der Waals surface area contributed by atoms with Gasteiger partial charge in [0.2, 0.25) is 0 Å². The van der Waals surface area contributed by atoms with Crippen molar-refractivity contribution in [2.24, 2.45) is 23.5 Å². The SMILES string of the molecule is CC(=CC[C@@]12O[C@]1(C(=O)OCCCCO)C(=O)C1CCCCC1C2=O)CCC1CC[NH2+]C(N)C1. The van der Waals surface area contributed by atoms with Crippen LogP contribution in [0.15, 0.2) is 11.6 Å². The van der Waals surface area contributed by atoms with E-state index in [4.69, 9.17) is 20.3 Å². The molecule has 2 saturated heterocycles. The Bertz CT molecular complexity index is 828. The summed E-state index contributed by atoms with van der Waals surface area (Å²) in [7, 11) is 0. The molecule has 34 heavy (non-hydrogen) atoms. The van der Waals surface area contributed by atoms with Crippen LogP contribution >= 0.6 is 0 Å². The van der Waals surface area contributed by atoms with Gasteiger partial charge in [-0.3, -0.25) is 15.3 Å². The van der Waals surface area contributed by atoms with Gasteiger partial charge in [0.15, 0.2) is 17.2 Å². The van der Waals surface area contributed by atoms with Crippen molar-refractivity contribution in [1.82, 2.24) is 0 Å². The van der Waals surface area contributed by atoms with E-state index in [9.17, 15) is 14.4 Å². The van der Waals surface area contributed by atoms with E-state index in [0.29, 0.717) is 31.6 Å². The summed E-state index contributed by atoms with van der Waals surface area (Å²) >= 11 is 0. The van der Waals surface area contributed by atoms with E-state index in [0.717, 1.165) is 50.6 Å². The monoisotopic (exact) mass is 477 g/mol. The fraction of sp³-hybridized carbons (Fsp3) is 0.808. The summed E-state index contributed by atoms with van der Waals surface area (Å²) in [5.41, 5.74) is 4.01. The Morgan fingerprint density at radius 3 is 2.65 bits per heavy atom. The molecule has 2 aliphatic carbocycles. The Morgan fingerprint density at radius 1 is 1.21 bits per heavy atom. The number of Topliss-reactive ketones (excluding diaryl/α,β-unsaturated/α-hetero) is 2. The maximum Gasteiger partial charge on any atom is 0.349 e. The van der Waals surface area contributed by atoms with Gasteiger partial charge in [-0.25, -0.2) is 4.79 Å². The molecule has 4 rings (SSSR count). The number of piperidine rings is 1. The highest BCUT2D eigenvalue weighted by Gasteiger charge is 2.86. The molecule has 0 amide bonds. The van der Waals surface area contributed by atoms with Gasteiger partial charge in [-0.1, -0.05) is 24.5 Å². The van der Waals surface area contributed by atoms with E-state index in [1.165, 1.54) is 0 Å². The zero-order valence-electron chi connectivity index (χ0n) is 20.4. The molecule has 0 bridgehead atoms.